The average Bonchev–Trinajstić information content (AvgIpc) is 3.82. The molecule has 0 amide bonds. The van der Waals surface area contributed by atoms with E-state index in [1.807, 2.05) is 12.1 Å². The molecule has 0 aliphatic rings. The Kier molecular flexibility index (Phi) is 6.86. The molecule has 2 heterocycles. The van der Waals surface area contributed by atoms with Crippen LogP contribution in [-0.2, 0) is 0 Å². The smallest absolute Gasteiger partial charge is 0.146 e. The van der Waals surface area contributed by atoms with Crippen LogP contribution >= 0.6 is 0 Å². The molecule has 11 rings (SSSR count). The molecule has 54 heavy (non-hydrogen) atoms. The fourth-order valence-electron chi connectivity index (χ4n) is 8.41. The Hall–Kier alpha value is -7.23. The minimum atomic E-state index is 0.894. The van der Waals surface area contributed by atoms with E-state index in [-0.39, 0.29) is 0 Å². The van der Waals surface area contributed by atoms with Gasteiger partial charge in [-0.2, -0.15) is 0 Å². The Labute approximate surface area is 312 Å². The first-order valence-electron chi connectivity index (χ1n) is 18.4. The molecule has 0 aliphatic heterocycles. The van der Waals surface area contributed by atoms with Gasteiger partial charge in [-0.15, -0.1) is 0 Å². The zero-order chi connectivity index (χ0) is 35.6. The number of nitrogens with zero attached hydrogens (tertiary/aromatic N) is 2. The molecule has 11 aromatic rings. The van der Waals surface area contributed by atoms with Crippen molar-refractivity contribution in [3.63, 3.8) is 0 Å². The maximum Gasteiger partial charge on any atom is 0.146 e. The minimum Gasteiger partial charge on any atom is -0.456 e. The molecule has 0 aliphatic carbocycles. The van der Waals surface area contributed by atoms with Gasteiger partial charge in [0, 0.05) is 22.0 Å². The molecule has 0 N–H and O–H groups in total. The quantitative estimate of drug-likeness (QED) is 0.169. The summed E-state index contributed by atoms with van der Waals surface area (Å²) in [5, 5.41) is 7.02. The van der Waals surface area contributed by atoms with Crippen LogP contribution in [0.15, 0.2) is 199 Å². The highest BCUT2D eigenvalue weighted by molar-refractivity contribution is 6.23. The molecular weight excluding hydrogens is 657 g/mol. The zero-order valence-electron chi connectivity index (χ0n) is 29.3. The van der Waals surface area contributed by atoms with Gasteiger partial charge in [-0.3, -0.25) is 4.57 Å². The number of hydrogen-bond donors (Lipinski definition) is 0. The number of benzene rings is 9. The van der Waals surface area contributed by atoms with E-state index in [1.54, 1.807) is 0 Å². The van der Waals surface area contributed by atoms with Crippen LogP contribution < -0.4 is 0 Å². The molecule has 0 bridgehead atoms. The van der Waals surface area contributed by atoms with Gasteiger partial charge in [0.15, 0.2) is 0 Å². The predicted octanol–water partition coefficient (Wildman–Crippen LogP) is 13.9. The number of hydrogen-bond acceptors (Lipinski definition) is 2. The SMILES string of the molecule is c1ccc(-c2ccc3c(-c4ccccc4-c4nc5ccccc5n4-c4ccccc4)c4ccccc4c(-c4ccc5oc6ccccc6c5c4)c3c2)cc1. The van der Waals surface area contributed by atoms with Crippen molar-refractivity contribution in [3.05, 3.63) is 194 Å². The summed E-state index contributed by atoms with van der Waals surface area (Å²) in [5.41, 5.74) is 13.1. The summed E-state index contributed by atoms with van der Waals surface area (Å²) in [6.45, 7) is 0. The maximum absolute atomic E-state index is 6.28. The molecular formula is C51H32N2O. The third-order valence-electron chi connectivity index (χ3n) is 10.8. The summed E-state index contributed by atoms with van der Waals surface area (Å²) in [5.74, 6) is 0.914. The predicted molar refractivity (Wildman–Crippen MR) is 225 cm³/mol. The van der Waals surface area contributed by atoms with Gasteiger partial charge in [0.05, 0.1) is 11.0 Å². The number of para-hydroxylation sites is 4. The van der Waals surface area contributed by atoms with Gasteiger partial charge in [-0.05, 0) is 103 Å². The molecule has 0 spiro atoms. The van der Waals surface area contributed by atoms with Gasteiger partial charge in [-0.25, -0.2) is 4.98 Å². The number of imidazole rings is 1. The van der Waals surface area contributed by atoms with Crippen molar-refractivity contribution in [2.75, 3.05) is 0 Å². The van der Waals surface area contributed by atoms with E-state index >= 15 is 0 Å². The Morgan fingerprint density at radius 2 is 0.963 bits per heavy atom. The van der Waals surface area contributed by atoms with Crippen molar-refractivity contribution >= 4 is 54.5 Å². The summed E-state index contributed by atoms with van der Waals surface area (Å²) in [6, 6.07) is 69.3. The van der Waals surface area contributed by atoms with Crippen LogP contribution in [0.2, 0.25) is 0 Å². The van der Waals surface area contributed by atoms with E-state index in [2.05, 4.69) is 187 Å². The summed E-state index contributed by atoms with van der Waals surface area (Å²) in [6.07, 6.45) is 0. The number of furan rings is 1. The third kappa shape index (κ3) is 4.72. The van der Waals surface area contributed by atoms with Crippen LogP contribution in [0.4, 0.5) is 0 Å². The van der Waals surface area contributed by atoms with Crippen molar-refractivity contribution in [2.45, 2.75) is 0 Å². The Morgan fingerprint density at radius 1 is 0.370 bits per heavy atom. The lowest BCUT2D eigenvalue weighted by Gasteiger charge is -2.20. The van der Waals surface area contributed by atoms with Gasteiger partial charge in [0.25, 0.3) is 0 Å². The van der Waals surface area contributed by atoms with E-state index in [9.17, 15) is 0 Å². The third-order valence-corrected chi connectivity index (χ3v) is 10.8. The molecule has 0 fully saturated rings. The van der Waals surface area contributed by atoms with Crippen LogP contribution in [0.3, 0.4) is 0 Å². The van der Waals surface area contributed by atoms with Crippen molar-refractivity contribution in [3.8, 4) is 50.5 Å². The van der Waals surface area contributed by atoms with Gasteiger partial charge >= 0.3 is 0 Å². The van der Waals surface area contributed by atoms with E-state index < -0.39 is 0 Å². The van der Waals surface area contributed by atoms with E-state index in [0.717, 1.165) is 61.2 Å². The Balaban J connectivity index is 1.25. The largest absolute Gasteiger partial charge is 0.456 e. The molecule has 3 heteroatoms. The van der Waals surface area contributed by atoms with E-state index in [4.69, 9.17) is 9.40 Å². The van der Waals surface area contributed by atoms with Crippen molar-refractivity contribution in [1.29, 1.82) is 0 Å². The van der Waals surface area contributed by atoms with Gasteiger partial charge < -0.3 is 4.42 Å². The van der Waals surface area contributed by atoms with Crippen molar-refractivity contribution in [1.82, 2.24) is 9.55 Å². The summed E-state index contributed by atoms with van der Waals surface area (Å²) in [7, 11) is 0. The van der Waals surface area contributed by atoms with Crippen LogP contribution in [0.1, 0.15) is 0 Å². The molecule has 0 saturated heterocycles. The number of aromatic nitrogens is 2. The number of rotatable bonds is 5. The fraction of sp³-hybridized carbons (Fsp3) is 0. The summed E-state index contributed by atoms with van der Waals surface area (Å²) < 4.78 is 8.58. The van der Waals surface area contributed by atoms with Crippen molar-refractivity contribution < 1.29 is 4.42 Å². The second kappa shape index (κ2) is 12.2. The molecule has 0 atom stereocenters. The first-order valence-corrected chi connectivity index (χ1v) is 18.4. The molecule has 0 saturated carbocycles. The molecule has 3 nitrogen and oxygen atoms in total. The zero-order valence-corrected chi connectivity index (χ0v) is 29.3. The monoisotopic (exact) mass is 688 g/mol. The van der Waals surface area contributed by atoms with Gasteiger partial charge in [0.1, 0.15) is 17.0 Å². The maximum atomic E-state index is 6.28. The molecule has 0 radical (unpaired) electrons. The average molecular weight is 689 g/mol. The first kappa shape index (κ1) is 30.4. The first-order chi connectivity index (χ1) is 26.8. The van der Waals surface area contributed by atoms with Crippen LogP contribution in [0.5, 0.6) is 0 Å². The molecule has 252 valence electrons. The topological polar surface area (TPSA) is 31.0 Å². The fourth-order valence-corrected chi connectivity index (χ4v) is 8.41. The lowest BCUT2D eigenvalue weighted by molar-refractivity contribution is 0.669. The van der Waals surface area contributed by atoms with Gasteiger partial charge in [-0.1, -0.05) is 146 Å². The highest BCUT2D eigenvalue weighted by atomic mass is 16.3. The lowest BCUT2D eigenvalue weighted by Crippen LogP contribution is -1.99. The molecule has 2 aromatic heterocycles. The Morgan fingerprint density at radius 3 is 1.80 bits per heavy atom. The van der Waals surface area contributed by atoms with Crippen LogP contribution in [0, 0.1) is 0 Å². The second-order valence-electron chi connectivity index (χ2n) is 13.9. The summed E-state index contributed by atoms with van der Waals surface area (Å²) >= 11 is 0. The highest BCUT2D eigenvalue weighted by Gasteiger charge is 2.23. The van der Waals surface area contributed by atoms with E-state index in [0.29, 0.717) is 0 Å². The normalized spacial score (nSPS) is 11.7. The number of fused-ring (bicyclic) bond motifs is 6. The minimum absolute atomic E-state index is 0.894. The second-order valence-corrected chi connectivity index (χ2v) is 13.9. The highest BCUT2D eigenvalue weighted by Crippen LogP contribution is 2.48. The lowest BCUT2D eigenvalue weighted by atomic mass is 9.83. The van der Waals surface area contributed by atoms with Gasteiger partial charge in [0.2, 0.25) is 0 Å². The molecule has 0 unspecified atom stereocenters. The Bertz CT molecular complexity index is 3210. The molecule has 9 aromatic carbocycles. The standard InChI is InChI=1S/C51H32N2O/c1-3-15-33(16-4-1)34-27-29-41-44(31-34)49(35-28-30-48-43(32-35)37-19-11-14-26-47(37)54-48)38-20-7-8-21-39(38)50(41)40-22-9-10-23-42(40)51-52-45-24-12-13-25-46(45)53(51)36-17-5-2-6-18-36/h1-32H. The summed E-state index contributed by atoms with van der Waals surface area (Å²) in [4.78, 5) is 5.33. The van der Waals surface area contributed by atoms with Crippen LogP contribution in [0.25, 0.3) is 105 Å². The van der Waals surface area contributed by atoms with E-state index in [1.165, 1.54) is 43.8 Å². The van der Waals surface area contributed by atoms with Crippen molar-refractivity contribution in [2.24, 2.45) is 0 Å². The van der Waals surface area contributed by atoms with Crippen LogP contribution in [-0.4, -0.2) is 9.55 Å².